The molecule has 0 fully saturated rings. The lowest BCUT2D eigenvalue weighted by atomic mass is 10.1. The van der Waals surface area contributed by atoms with E-state index in [-0.39, 0.29) is 0 Å². The van der Waals surface area contributed by atoms with E-state index in [1.54, 1.807) is 0 Å². The number of methoxy groups -OCH3 is 1. The Morgan fingerprint density at radius 3 is 1.83 bits per heavy atom. The lowest BCUT2D eigenvalue weighted by molar-refractivity contribution is -0.140. The normalized spacial score (nSPS) is 12.4. The lowest BCUT2D eigenvalue weighted by Crippen LogP contribution is -2.21. The zero-order valence-corrected chi connectivity index (χ0v) is 9.62. The van der Waals surface area contributed by atoms with E-state index in [0.29, 0.717) is 0 Å². The summed E-state index contributed by atoms with van der Waals surface area (Å²) in [6, 6.07) is 0. The summed E-state index contributed by atoms with van der Waals surface area (Å²) in [7, 11) is 0.969. The SMILES string of the molecule is COC(=O)C(Cl)Cc1c(F)c(F)c(F)c(F)c1F. The molecule has 0 aliphatic heterocycles. The zero-order chi connectivity index (χ0) is 14.0. The molecule has 0 N–H and O–H groups in total. The molecule has 0 saturated heterocycles. The van der Waals surface area contributed by atoms with Gasteiger partial charge in [-0.2, -0.15) is 0 Å². The van der Waals surface area contributed by atoms with Crippen molar-refractivity contribution < 1.29 is 31.5 Å². The van der Waals surface area contributed by atoms with E-state index in [1.807, 2.05) is 0 Å². The van der Waals surface area contributed by atoms with Gasteiger partial charge >= 0.3 is 5.97 Å². The van der Waals surface area contributed by atoms with Crippen LogP contribution in [0.4, 0.5) is 22.0 Å². The van der Waals surface area contributed by atoms with Crippen LogP contribution in [0.1, 0.15) is 5.56 Å². The molecule has 0 aromatic heterocycles. The van der Waals surface area contributed by atoms with Crippen LogP contribution in [0, 0.1) is 29.1 Å². The van der Waals surface area contributed by atoms with Gasteiger partial charge in [-0.05, 0) is 0 Å². The van der Waals surface area contributed by atoms with Crippen LogP contribution in [0.3, 0.4) is 0 Å². The maximum atomic E-state index is 13.2. The minimum Gasteiger partial charge on any atom is -0.468 e. The van der Waals surface area contributed by atoms with Crippen molar-refractivity contribution in [1.82, 2.24) is 0 Å². The molecule has 2 nitrogen and oxygen atoms in total. The first-order valence-electron chi connectivity index (χ1n) is 4.53. The first kappa shape index (κ1) is 14.7. The summed E-state index contributed by atoms with van der Waals surface area (Å²) in [6.45, 7) is 0. The topological polar surface area (TPSA) is 26.3 Å². The minimum absolute atomic E-state index is 0.875. The smallest absolute Gasteiger partial charge is 0.324 e. The number of halogens is 6. The van der Waals surface area contributed by atoms with Crippen LogP contribution in [0.2, 0.25) is 0 Å². The maximum absolute atomic E-state index is 13.2. The summed E-state index contributed by atoms with van der Waals surface area (Å²) in [4.78, 5) is 10.9. The number of esters is 1. The molecular formula is C10H6ClF5O2. The van der Waals surface area contributed by atoms with Crippen LogP contribution in [0.25, 0.3) is 0 Å². The summed E-state index contributed by atoms with van der Waals surface area (Å²) in [6.07, 6.45) is -0.875. The molecule has 0 spiro atoms. The molecule has 0 aliphatic carbocycles. The lowest BCUT2D eigenvalue weighted by Gasteiger charge is -2.10. The molecule has 0 amide bonds. The number of carbonyl (C=O) groups excluding carboxylic acids is 1. The minimum atomic E-state index is -2.27. The summed E-state index contributed by atoms with van der Waals surface area (Å²) in [5.74, 6) is -11.5. The second-order valence-corrected chi connectivity index (χ2v) is 3.77. The van der Waals surface area contributed by atoms with Crippen molar-refractivity contribution in [3.63, 3.8) is 0 Å². The molecule has 100 valence electrons. The van der Waals surface area contributed by atoms with Crippen molar-refractivity contribution in [2.24, 2.45) is 0 Å². The third-order valence-corrected chi connectivity index (χ3v) is 2.47. The largest absolute Gasteiger partial charge is 0.468 e. The number of rotatable bonds is 3. The second-order valence-electron chi connectivity index (χ2n) is 3.24. The molecule has 18 heavy (non-hydrogen) atoms. The predicted octanol–water partition coefficient (Wildman–Crippen LogP) is 2.71. The molecular weight excluding hydrogens is 283 g/mol. The fourth-order valence-electron chi connectivity index (χ4n) is 1.22. The van der Waals surface area contributed by atoms with Gasteiger partial charge in [0.25, 0.3) is 0 Å². The Morgan fingerprint density at radius 2 is 1.44 bits per heavy atom. The third kappa shape index (κ3) is 2.55. The highest BCUT2D eigenvalue weighted by Crippen LogP contribution is 2.25. The third-order valence-electron chi connectivity index (χ3n) is 2.14. The standard InChI is InChI=1S/C10H6ClF5O2/c1-18-10(17)4(11)2-3-5(12)7(14)9(16)8(15)6(3)13/h4H,2H2,1H3. The van der Waals surface area contributed by atoms with Crippen molar-refractivity contribution in [3.05, 3.63) is 34.6 Å². The van der Waals surface area contributed by atoms with Gasteiger partial charge in [-0.1, -0.05) is 0 Å². The first-order chi connectivity index (χ1) is 8.31. The van der Waals surface area contributed by atoms with Crippen molar-refractivity contribution in [3.8, 4) is 0 Å². The molecule has 0 heterocycles. The molecule has 8 heteroatoms. The fraction of sp³-hybridized carbons (Fsp3) is 0.300. The molecule has 1 aromatic rings. The van der Waals surface area contributed by atoms with Crippen molar-refractivity contribution in [2.45, 2.75) is 11.8 Å². The Bertz CT molecular complexity index is 463. The van der Waals surface area contributed by atoms with E-state index < -0.39 is 52.4 Å². The summed E-state index contributed by atoms with van der Waals surface area (Å²) < 4.78 is 68.9. The van der Waals surface area contributed by atoms with Gasteiger partial charge in [0.1, 0.15) is 5.38 Å². The zero-order valence-electron chi connectivity index (χ0n) is 8.87. The predicted molar refractivity (Wildman–Crippen MR) is 51.6 cm³/mol. The molecule has 1 atom stereocenters. The fourth-order valence-corrected chi connectivity index (χ4v) is 1.46. The highest BCUT2D eigenvalue weighted by molar-refractivity contribution is 6.30. The van der Waals surface area contributed by atoms with Gasteiger partial charge in [0.05, 0.1) is 7.11 Å². The highest BCUT2D eigenvalue weighted by atomic mass is 35.5. The molecule has 0 saturated carbocycles. The van der Waals surface area contributed by atoms with Crippen LogP contribution in [-0.4, -0.2) is 18.5 Å². The van der Waals surface area contributed by atoms with Gasteiger partial charge < -0.3 is 4.74 Å². The number of alkyl halides is 1. The molecule has 0 radical (unpaired) electrons. The maximum Gasteiger partial charge on any atom is 0.324 e. The van der Waals surface area contributed by atoms with Gasteiger partial charge in [0.2, 0.25) is 5.82 Å². The summed E-state index contributed by atoms with van der Waals surface area (Å²) in [5.41, 5.74) is -1.16. The Kier molecular flexibility index (Phi) is 4.50. The molecule has 1 rings (SSSR count). The Labute approximate surface area is 103 Å². The monoisotopic (exact) mass is 288 g/mol. The Balaban J connectivity index is 3.22. The first-order valence-corrected chi connectivity index (χ1v) is 4.97. The molecule has 0 bridgehead atoms. The van der Waals surface area contributed by atoms with E-state index in [0.717, 1.165) is 7.11 Å². The van der Waals surface area contributed by atoms with Crippen LogP contribution >= 0.6 is 11.6 Å². The van der Waals surface area contributed by atoms with E-state index in [2.05, 4.69) is 4.74 Å². The van der Waals surface area contributed by atoms with Gasteiger partial charge in [-0.3, -0.25) is 4.79 Å². The van der Waals surface area contributed by atoms with Crippen molar-refractivity contribution in [2.75, 3.05) is 7.11 Å². The van der Waals surface area contributed by atoms with Crippen LogP contribution in [-0.2, 0) is 16.0 Å². The molecule has 1 unspecified atom stereocenters. The second kappa shape index (κ2) is 5.51. The van der Waals surface area contributed by atoms with Gasteiger partial charge in [-0.25, -0.2) is 22.0 Å². The number of carbonyl (C=O) groups is 1. The average molecular weight is 289 g/mol. The van der Waals surface area contributed by atoms with Gasteiger partial charge in [0.15, 0.2) is 23.3 Å². The van der Waals surface area contributed by atoms with Gasteiger partial charge in [-0.15, -0.1) is 11.6 Å². The van der Waals surface area contributed by atoms with E-state index >= 15 is 0 Å². The Morgan fingerprint density at radius 1 is 1.06 bits per heavy atom. The van der Waals surface area contributed by atoms with Crippen molar-refractivity contribution in [1.29, 1.82) is 0 Å². The highest BCUT2D eigenvalue weighted by Gasteiger charge is 2.28. The average Bonchev–Trinajstić information content (AvgIpc) is 2.37. The van der Waals surface area contributed by atoms with Crippen LogP contribution in [0.15, 0.2) is 0 Å². The van der Waals surface area contributed by atoms with E-state index in [4.69, 9.17) is 11.6 Å². The van der Waals surface area contributed by atoms with Crippen LogP contribution in [0.5, 0.6) is 0 Å². The summed E-state index contributed by atoms with van der Waals surface area (Å²) >= 11 is 5.41. The number of benzene rings is 1. The van der Waals surface area contributed by atoms with Gasteiger partial charge in [0, 0.05) is 12.0 Å². The number of hydrogen-bond donors (Lipinski definition) is 0. The number of hydrogen-bond acceptors (Lipinski definition) is 2. The van der Waals surface area contributed by atoms with E-state index in [9.17, 15) is 26.7 Å². The Hall–Kier alpha value is -1.37. The molecule has 1 aromatic carbocycles. The molecule has 0 aliphatic rings. The van der Waals surface area contributed by atoms with E-state index in [1.165, 1.54) is 0 Å². The van der Waals surface area contributed by atoms with Crippen LogP contribution < -0.4 is 0 Å². The van der Waals surface area contributed by atoms with Crippen molar-refractivity contribution >= 4 is 17.6 Å². The number of ether oxygens (including phenoxy) is 1. The summed E-state index contributed by atoms with van der Waals surface area (Å²) in [5, 5.41) is -1.55. The quantitative estimate of drug-likeness (QED) is 0.281.